The van der Waals surface area contributed by atoms with Gasteiger partial charge in [0.2, 0.25) is 5.91 Å². The number of amides is 1. The normalized spacial score (nSPS) is 14.8. The maximum atomic E-state index is 12.4. The third-order valence-electron chi connectivity index (χ3n) is 4.93. The van der Waals surface area contributed by atoms with Crippen molar-refractivity contribution in [3.63, 3.8) is 0 Å². The smallest absolute Gasteiger partial charge is 0.234 e. The van der Waals surface area contributed by atoms with E-state index in [4.69, 9.17) is 14.7 Å². The van der Waals surface area contributed by atoms with Crippen molar-refractivity contribution in [3.8, 4) is 11.4 Å². The molecule has 1 aliphatic heterocycles. The minimum absolute atomic E-state index is 0.0623. The zero-order chi connectivity index (χ0) is 21.1. The Morgan fingerprint density at radius 1 is 1.13 bits per heavy atom. The third-order valence-corrected chi connectivity index (χ3v) is 5.95. The molecule has 1 aliphatic rings. The van der Waals surface area contributed by atoms with E-state index in [1.165, 1.54) is 11.8 Å². The van der Waals surface area contributed by atoms with E-state index in [0.717, 1.165) is 33.1 Å². The van der Waals surface area contributed by atoms with Gasteiger partial charge in [-0.05, 0) is 39.0 Å². The number of hydrogen-bond acceptors (Lipinski definition) is 5. The van der Waals surface area contributed by atoms with Crippen molar-refractivity contribution in [2.45, 2.75) is 44.4 Å². The molecular formula is C24H25N3O2S. The maximum Gasteiger partial charge on any atom is 0.234 e. The molecule has 6 heteroatoms. The van der Waals surface area contributed by atoms with E-state index in [1.807, 2.05) is 42.5 Å². The summed E-state index contributed by atoms with van der Waals surface area (Å²) in [6, 6.07) is 17.7. The van der Waals surface area contributed by atoms with Crippen molar-refractivity contribution in [2.75, 3.05) is 11.1 Å². The number of nitrogens with one attached hydrogen (secondary N) is 1. The van der Waals surface area contributed by atoms with Crippen LogP contribution in [-0.4, -0.2) is 27.2 Å². The first-order valence-electron chi connectivity index (χ1n) is 9.98. The highest BCUT2D eigenvalue weighted by Gasteiger charge is 2.30. The van der Waals surface area contributed by atoms with Gasteiger partial charge in [0.15, 0.2) is 5.82 Å². The van der Waals surface area contributed by atoms with Gasteiger partial charge in [0.05, 0.1) is 23.7 Å². The molecule has 0 radical (unpaired) electrons. The molecule has 0 bridgehead atoms. The lowest BCUT2D eigenvalue weighted by Crippen LogP contribution is -2.33. The first-order valence-corrected chi connectivity index (χ1v) is 11.0. The fourth-order valence-electron chi connectivity index (χ4n) is 3.41. The Labute approximate surface area is 181 Å². The Hall–Kier alpha value is -2.70. The second-order valence-electron chi connectivity index (χ2n) is 8.08. The molecule has 0 atom stereocenters. The first-order chi connectivity index (χ1) is 14.4. The summed E-state index contributed by atoms with van der Waals surface area (Å²) in [6.07, 6.45) is 0.716. The van der Waals surface area contributed by atoms with E-state index in [1.54, 1.807) is 0 Å². The highest BCUT2D eigenvalue weighted by molar-refractivity contribution is 8.00. The number of carbonyl (C=O) groups excluding carboxylic acids is 1. The topological polar surface area (TPSA) is 64.1 Å². The Bertz CT molecular complexity index is 1070. The quantitative estimate of drug-likeness (QED) is 0.464. The number of fused-ring (bicyclic) bond motifs is 1. The summed E-state index contributed by atoms with van der Waals surface area (Å²) < 4.78 is 6.01. The number of aromatic nitrogens is 2. The second-order valence-corrected chi connectivity index (χ2v) is 9.04. The average Bonchev–Trinajstić information content (AvgIpc) is 2.71. The molecular weight excluding hydrogens is 394 g/mol. The minimum Gasteiger partial charge on any atom is -0.370 e. The summed E-state index contributed by atoms with van der Waals surface area (Å²) in [5.74, 6) is 0.906. The fraction of sp³-hybridized carbons (Fsp3) is 0.292. The molecule has 0 fully saturated rings. The van der Waals surface area contributed by atoms with Crippen molar-refractivity contribution in [3.05, 3.63) is 71.4 Å². The van der Waals surface area contributed by atoms with Crippen LogP contribution in [0.3, 0.4) is 0 Å². The molecule has 1 aromatic heterocycles. The Morgan fingerprint density at radius 3 is 2.70 bits per heavy atom. The number of aryl methyl sites for hydroxylation is 1. The van der Waals surface area contributed by atoms with Gasteiger partial charge in [-0.15, -0.1) is 0 Å². The predicted molar refractivity (Wildman–Crippen MR) is 121 cm³/mol. The number of rotatable bonds is 5. The second kappa shape index (κ2) is 8.58. The lowest BCUT2D eigenvalue weighted by Gasteiger charge is -2.32. The summed E-state index contributed by atoms with van der Waals surface area (Å²) in [4.78, 5) is 22.1. The molecule has 0 saturated heterocycles. The van der Waals surface area contributed by atoms with Gasteiger partial charge in [-0.1, -0.05) is 53.7 Å². The standard InChI is InChI=1S/C24H25N3O2S/c1-16-8-7-9-17(12-16)22-26-20-13-24(2,3)29-14-19(20)23(27-22)30-15-21(28)25-18-10-5-4-6-11-18/h4-12H,13-15H2,1-3H3,(H,25,28). The molecule has 3 aromatic rings. The molecule has 154 valence electrons. The molecule has 1 N–H and O–H groups in total. The number of ether oxygens (including phenoxy) is 1. The van der Waals surface area contributed by atoms with Gasteiger partial charge in [-0.2, -0.15) is 0 Å². The van der Waals surface area contributed by atoms with E-state index in [9.17, 15) is 4.79 Å². The van der Waals surface area contributed by atoms with E-state index in [0.29, 0.717) is 18.9 Å². The number of benzene rings is 2. The number of anilines is 1. The molecule has 0 aliphatic carbocycles. The van der Waals surface area contributed by atoms with Crippen LogP contribution in [0, 0.1) is 6.92 Å². The largest absolute Gasteiger partial charge is 0.370 e. The van der Waals surface area contributed by atoms with E-state index in [2.05, 4.69) is 38.2 Å². The van der Waals surface area contributed by atoms with Crippen LogP contribution in [0.1, 0.15) is 30.7 Å². The van der Waals surface area contributed by atoms with Gasteiger partial charge in [0.1, 0.15) is 5.03 Å². The molecule has 0 spiro atoms. The summed E-state index contributed by atoms with van der Waals surface area (Å²) in [5, 5.41) is 3.74. The van der Waals surface area contributed by atoms with Crippen molar-refractivity contribution in [2.24, 2.45) is 0 Å². The molecule has 2 aromatic carbocycles. The molecule has 4 rings (SSSR count). The van der Waals surface area contributed by atoms with Gasteiger partial charge >= 0.3 is 0 Å². The number of carbonyl (C=O) groups is 1. The average molecular weight is 420 g/mol. The SMILES string of the molecule is Cc1cccc(-c2nc3c(c(SCC(=O)Nc4ccccc4)n2)COC(C)(C)C3)c1. The molecule has 5 nitrogen and oxygen atoms in total. The Kier molecular flexibility index (Phi) is 5.88. The fourth-order valence-corrected chi connectivity index (χ4v) is 4.25. The number of nitrogens with zero attached hydrogens (tertiary/aromatic N) is 2. The lowest BCUT2D eigenvalue weighted by atomic mass is 9.96. The summed E-state index contributed by atoms with van der Waals surface area (Å²) >= 11 is 1.43. The number of thioether (sulfide) groups is 1. The summed E-state index contributed by atoms with van der Waals surface area (Å²) in [5.41, 5.74) is 4.66. The van der Waals surface area contributed by atoms with Gasteiger partial charge in [0, 0.05) is 23.2 Å². The molecule has 1 amide bonds. The Morgan fingerprint density at radius 2 is 1.93 bits per heavy atom. The molecule has 0 saturated carbocycles. The highest BCUT2D eigenvalue weighted by atomic mass is 32.2. The van der Waals surface area contributed by atoms with Crippen molar-refractivity contribution >= 4 is 23.4 Å². The van der Waals surface area contributed by atoms with Crippen LogP contribution >= 0.6 is 11.8 Å². The van der Waals surface area contributed by atoms with Crippen LogP contribution in [0.15, 0.2) is 59.6 Å². The predicted octanol–water partition coefficient (Wildman–Crippen LogP) is 5.03. The Balaban J connectivity index is 1.61. The first kappa shape index (κ1) is 20.6. The zero-order valence-electron chi connectivity index (χ0n) is 17.4. The van der Waals surface area contributed by atoms with Gasteiger partial charge < -0.3 is 10.1 Å². The van der Waals surface area contributed by atoms with Crippen molar-refractivity contribution < 1.29 is 9.53 Å². The van der Waals surface area contributed by atoms with Crippen molar-refractivity contribution in [1.29, 1.82) is 0 Å². The number of hydrogen-bond donors (Lipinski definition) is 1. The van der Waals surface area contributed by atoms with E-state index >= 15 is 0 Å². The monoisotopic (exact) mass is 419 g/mol. The van der Waals surface area contributed by atoms with Crippen LogP contribution in [0.2, 0.25) is 0 Å². The zero-order valence-corrected chi connectivity index (χ0v) is 18.3. The van der Waals surface area contributed by atoms with Crippen LogP contribution in [0.25, 0.3) is 11.4 Å². The highest BCUT2D eigenvalue weighted by Crippen LogP contribution is 2.34. The summed E-state index contributed by atoms with van der Waals surface area (Å²) in [7, 11) is 0. The van der Waals surface area contributed by atoms with Crippen LogP contribution in [0.4, 0.5) is 5.69 Å². The number of para-hydroxylation sites is 1. The van der Waals surface area contributed by atoms with Crippen LogP contribution in [0.5, 0.6) is 0 Å². The van der Waals surface area contributed by atoms with Crippen molar-refractivity contribution in [1.82, 2.24) is 9.97 Å². The molecule has 2 heterocycles. The van der Waals surface area contributed by atoms with E-state index in [-0.39, 0.29) is 17.3 Å². The van der Waals surface area contributed by atoms with Gasteiger partial charge in [-0.25, -0.2) is 9.97 Å². The lowest BCUT2D eigenvalue weighted by molar-refractivity contribution is -0.113. The summed E-state index contributed by atoms with van der Waals surface area (Å²) in [6.45, 7) is 6.66. The van der Waals surface area contributed by atoms with Crippen LogP contribution < -0.4 is 5.32 Å². The third kappa shape index (κ3) is 4.89. The molecule has 30 heavy (non-hydrogen) atoms. The van der Waals surface area contributed by atoms with Crippen LogP contribution in [-0.2, 0) is 22.6 Å². The maximum absolute atomic E-state index is 12.4. The van der Waals surface area contributed by atoms with Gasteiger partial charge in [-0.3, -0.25) is 4.79 Å². The molecule has 0 unspecified atom stereocenters. The minimum atomic E-state index is -0.266. The van der Waals surface area contributed by atoms with E-state index < -0.39 is 0 Å². The van der Waals surface area contributed by atoms with Gasteiger partial charge in [0.25, 0.3) is 0 Å².